The smallest absolute Gasteiger partial charge is 0.144 e. The van der Waals surface area contributed by atoms with E-state index in [1.54, 1.807) is 11.3 Å². The molecule has 1 fully saturated rings. The van der Waals surface area contributed by atoms with Gasteiger partial charge < -0.3 is 4.74 Å². The number of benzene rings is 1. The van der Waals surface area contributed by atoms with Crippen molar-refractivity contribution in [2.24, 2.45) is 5.41 Å². The summed E-state index contributed by atoms with van der Waals surface area (Å²) in [6.07, 6.45) is 0.274. The van der Waals surface area contributed by atoms with Crippen LogP contribution in [0.15, 0.2) is 24.3 Å². The third kappa shape index (κ3) is 1.69. The highest BCUT2D eigenvalue weighted by atomic mass is 32.1. The van der Waals surface area contributed by atoms with Gasteiger partial charge in [-0.15, -0.1) is 11.3 Å². The van der Waals surface area contributed by atoms with E-state index in [0.29, 0.717) is 0 Å². The zero-order chi connectivity index (χ0) is 12.3. The van der Waals surface area contributed by atoms with Gasteiger partial charge in [0.15, 0.2) is 0 Å². The molecule has 2 atom stereocenters. The zero-order valence-electron chi connectivity index (χ0n) is 10.7. The van der Waals surface area contributed by atoms with Crippen molar-refractivity contribution in [3.63, 3.8) is 0 Å². The Balaban J connectivity index is 2.01. The van der Waals surface area contributed by atoms with Crippen molar-refractivity contribution < 1.29 is 4.74 Å². The highest BCUT2D eigenvalue weighted by Crippen LogP contribution is 2.55. The van der Waals surface area contributed by atoms with Gasteiger partial charge in [-0.05, 0) is 24.5 Å². The molecule has 0 spiro atoms. The number of rotatable bonds is 1. The molecule has 0 amide bonds. The quantitative estimate of drug-likeness (QED) is 0.713. The molecule has 0 unspecified atom stereocenters. The summed E-state index contributed by atoms with van der Waals surface area (Å²) >= 11 is 1.75. The Kier molecular flexibility index (Phi) is 2.17. The van der Waals surface area contributed by atoms with E-state index in [9.17, 15) is 0 Å². The minimum absolute atomic E-state index is 0.173. The molecule has 3 heteroatoms. The predicted molar refractivity (Wildman–Crippen MR) is 71.3 cm³/mol. The maximum Gasteiger partial charge on any atom is 0.144 e. The molecule has 0 bridgehead atoms. The Bertz CT molecular complexity index is 536. The van der Waals surface area contributed by atoms with Crippen molar-refractivity contribution in [2.45, 2.75) is 39.4 Å². The normalized spacial score (nSPS) is 28.6. The Morgan fingerprint density at radius 1 is 1.29 bits per heavy atom. The molecule has 1 aliphatic rings. The Hall–Kier alpha value is -0.930. The van der Waals surface area contributed by atoms with Crippen LogP contribution < -0.4 is 0 Å². The first kappa shape index (κ1) is 11.2. The molecule has 0 radical (unpaired) electrons. The van der Waals surface area contributed by atoms with E-state index in [-0.39, 0.29) is 17.1 Å². The number of hydrogen-bond acceptors (Lipinski definition) is 3. The number of aromatic nitrogens is 1. The van der Waals surface area contributed by atoms with Crippen molar-refractivity contribution in [3.8, 4) is 0 Å². The van der Waals surface area contributed by atoms with Crippen LogP contribution in [0.5, 0.6) is 0 Å². The summed E-state index contributed by atoms with van der Waals surface area (Å²) < 4.78 is 7.17. The van der Waals surface area contributed by atoms with E-state index < -0.39 is 0 Å². The first-order valence-corrected chi connectivity index (χ1v) is 6.77. The molecule has 1 aliphatic heterocycles. The lowest BCUT2D eigenvalue weighted by Gasteiger charge is -2.16. The molecule has 0 N–H and O–H groups in total. The second-order valence-electron chi connectivity index (χ2n) is 5.96. The van der Waals surface area contributed by atoms with Gasteiger partial charge in [-0.2, -0.15) is 0 Å². The van der Waals surface area contributed by atoms with Crippen LogP contribution in [0.3, 0.4) is 0 Å². The summed E-state index contributed by atoms with van der Waals surface area (Å²) in [5.74, 6) is 0. The molecule has 2 aromatic rings. The van der Waals surface area contributed by atoms with E-state index in [2.05, 4.69) is 45.9 Å². The van der Waals surface area contributed by atoms with Crippen molar-refractivity contribution in [3.05, 3.63) is 29.3 Å². The summed E-state index contributed by atoms with van der Waals surface area (Å²) in [5.41, 5.74) is 1.08. The minimum Gasteiger partial charge on any atom is -0.358 e. The number of thiazole rings is 1. The predicted octanol–water partition coefficient (Wildman–Crippen LogP) is 3.96. The molecule has 0 saturated carbocycles. The van der Waals surface area contributed by atoms with Gasteiger partial charge in [-0.1, -0.05) is 32.9 Å². The molecule has 1 saturated heterocycles. The number of nitrogens with zero attached hydrogens (tertiary/aromatic N) is 1. The topological polar surface area (TPSA) is 25.4 Å². The number of hydrogen-bond donors (Lipinski definition) is 0. The molecule has 3 rings (SSSR count). The zero-order valence-corrected chi connectivity index (χ0v) is 11.5. The van der Waals surface area contributed by atoms with Crippen LogP contribution in [0.1, 0.15) is 32.7 Å². The highest BCUT2D eigenvalue weighted by Gasteiger charge is 2.60. The Morgan fingerprint density at radius 3 is 2.59 bits per heavy atom. The standard InChI is InChI=1S/C14H17NOS/c1-13(2,3)11-14(4,16-11)12-15-9-7-5-6-8-10(9)17-12/h5-8,11H,1-4H3/t11-,14+/m1/s1. The number of fused-ring (bicyclic) bond motifs is 1. The average Bonchev–Trinajstić information content (AvgIpc) is 2.79. The van der Waals surface area contributed by atoms with E-state index in [0.717, 1.165) is 10.5 Å². The van der Waals surface area contributed by atoms with Gasteiger partial charge in [0, 0.05) is 0 Å². The fraction of sp³-hybridized carbons (Fsp3) is 0.500. The lowest BCUT2D eigenvalue weighted by molar-refractivity contribution is 0.249. The second kappa shape index (κ2) is 3.30. The minimum atomic E-state index is -0.179. The SMILES string of the molecule is CC(C)(C)[C@H]1O[C@]1(C)c1nc2ccccc2s1. The summed E-state index contributed by atoms with van der Waals surface area (Å²) in [7, 11) is 0. The van der Waals surface area contributed by atoms with Crippen LogP contribution in [-0.4, -0.2) is 11.1 Å². The Morgan fingerprint density at radius 2 is 2.00 bits per heavy atom. The first-order valence-electron chi connectivity index (χ1n) is 5.95. The van der Waals surface area contributed by atoms with Crippen LogP contribution >= 0.6 is 11.3 Å². The average molecular weight is 247 g/mol. The first-order chi connectivity index (χ1) is 7.91. The van der Waals surface area contributed by atoms with Gasteiger partial charge >= 0.3 is 0 Å². The molecular weight excluding hydrogens is 230 g/mol. The van der Waals surface area contributed by atoms with Gasteiger partial charge in [-0.3, -0.25) is 0 Å². The van der Waals surface area contributed by atoms with Crippen LogP contribution in [0, 0.1) is 5.41 Å². The van der Waals surface area contributed by atoms with E-state index in [1.165, 1.54) is 4.70 Å². The highest BCUT2D eigenvalue weighted by molar-refractivity contribution is 7.18. The lowest BCUT2D eigenvalue weighted by atomic mass is 9.86. The summed E-state index contributed by atoms with van der Waals surface area (Å²) in [4.78, 5) is 4.70. The fourth-order valence-corrected chi connectivity index (χ4v) is 3.54. The number of ether oxygens (including phenoxy) is 1. The summed E-state index contributed by atoms with van der Waals surface area (Å²) in [6, 6.07) is 8.27. The molecule has 90 valence electrons. The molecule has 2 nitrogen and oxygen atoms in total. The lowest BCUT2D eigenvalue weighted by Crippen LogP contribution is -2.20. The van der Waals surface area contributed by atoms with E-state index >= 15 is 0 Å². The van der Waals surface area contributed by atoms with Crippen LogP contribution in [0.4, 0.5) is 0 Å². The van der Waals surface area contributed by atoms with Gasteiger partial charge in [0.25, 0.3) is 0 Å². The molecular formula is C14H17NOS. The van der Waals surface area contributed by atoms with Gasteiger partial charge in [-0.25, -0.2) is 4.98 Å². The third-order valence-corrected chi connectivity index (χ3v) is 4.57. The van der Waals surface area contributed by atoms with E-state index in [4.69, 9.17) is 9.72 Å². The molecule has 17 heavy (non-hydrogen) atoms. The maximum absolute atomic E-state index is 5.93. The Labute approximate surface area is 106 Å². The summed E-state index contributed by atoms with van der Waals surface area (Å²) in [6.45, 7) is 8.81. The van der Waals surface area contributed by atoms with Crippen LogP contribution in [0.25, 0.3) is 10.2 Å². The molecule has 1 aromatic heterocycles. The third-order valence-electron chi connectivity index (χ3n) is 3.31. The number of epoxide rings is 1. The monoisotopic (exact) mass is 247 g/mol. The van der Waals surface area contributed by atoms with Gasteiger partial charge in [0.1, 0.15) is 10.6 Å². The van der Waals surface area contributed by atoms with Gasteiger partial charge in [0.2, 0.25) is 0 Å². The maximum atomic E-state index is 5.93. The molecule has 1 aromatic carbocycles. The summed E-state index contributed by atoms with van der Waals surface area (Å²) in [5, 5.41) is 1.11. The van der Waals surface area contributed by atoms with E-state index in [1.807, 2.05) is 6.07 Å². The van der Waals surface area contributed by atoms with Crippen molar-refractivity contribution >= 4 is 21.6 Å². The molecule has 0 aliphatic carbocycles. The van der Waals surface area contributed by atoms with Crippen molar-refractivity contribution in [2.75, 3.05) is 0 Å². The van der Waals surface area contributed by atoms with Crippen molar-refractivity contribution in [1.82, 2.24) is 4.98 Å². The fourth-order valence-electron chi connectivity index (χ4n) is 2.46. The second-order valence-corrected chi connectivity index (χ2v) is 6.99. The van der Waals surface area contributed by atoms with Crippen LogP contribution in [-0.2, 0) is 10.3 Å². The largest absolute Gasteiger partial charge is 0.358 e. The van der Waals surface area contributed by atoms with Gasteiger partial charge in [0.05, 0.1) is 16.3 Å². The number of para-hydroxylation sites is 1. The molecule has 2 heterocycles. The van der Waals surface area contributed by atoms with Crippen molar-refractivity contribution in [1.29, 1.82) is 0 Å². The van der Waals surface area contributed by atoms with Crippen LogP contribution in [0.2, 0.25) is 0 Å².